The van der Waals surface area contributed by atoms with Gasteiger partial charge in [0.05, 0.1) is 13.2 Å². The van der Waals surface area contributed by atoms with Gasteiger partial charge in [-0.2, -0.15) is 5.10 Å². The quantitative estimate of drug-likeness (QED) is 0.775. The smallest absolute Gasteiger partial charge is 0.345 e. The van der Waals surface area contributed by atoms with Gasteiger partial charge in [-0.3, -0.25) is 9.36 Å². The Morgan fingerprint density at radius 1 is 1.26 bits per heavy atom. The first-order valence-corrected chi connectivity index (χ1v) is 10.2. The highest BCUT2D eigenvalue weighted by atomic mass is 16.5. The number of ether oxygens (including phenoxy) is 2. The number of nitrogens with zero attached hydrogens (tertiary/aromatic N) is 4. The van der Waals surface area contributed by atoms with Crippen molar-refractivity contribution in [3.05, 3.63) is 16.3 Å². The van der Waals surface area contributed by atoms with Crippen LogP contribution in [0.25, 0.3) is 0 Å². The van der Waals surface area contributed by atoms with E-state index >= 15 is 0 Å². The molecule has 1 aromatic rings. The summed E-state index contributed by atoms with van der Waals surface area (Å²) in [4.78, 5) is 27.1. The third-order valence-corrected chi connectivity index (χ3v) is 6.59. The Labute approximate surface area is 159 Å². The predicted octanol–water partition coefficient (Wildman–Crippen LogP) is 0.815. The number of fused-ring (bicyclic) bond motifs is 1. The maximum Gasteiger partial charge on any atom is 0.345 e. The number of amides is 1. The summed E-state index contributed by atoms with van der Waals surface area (Å²) >= 11 is 0. The number of aryl methyl sites for hydroxylation is 1. The number of rotatable bonds is 4. The molecule has 1 amide bonds. The number of likely N-dealkylation sites (tertiary alicyclic amines) is 1. The van der Waals surface area contributed by atoms with E-state index in [0.29, 0.717) is 19.8 Å². The van der Waals surface area contributed by atoms with Crippen molar-refractivity contribution >= 4 is 5.91 Å². The number of carbonyl (C=O) groups excluding carboxylic acids is 1. The van der Waals surface area contributed by atoms with Gasteiger partial charge in [0.15, 0.2) is 0 Å². The normalized spacial score (nSPS) is 24.8. The van der Waals surface area contributed by atoms with Crippen LogP contribution in [0.2, 0.25) is 0 Å². The molecule has 4 heterocycles. The predicted molar refractivity (Wildman–Crippen MR) is 98.5 cm³/mol. The lowest BCUT2D eigenvalue weighted by Crippen LogP contribution is -2.47. The van der Waals surface area contributed by atoms with Crippen molar-refractivity contribution in [3.8, 4) is 0 Å². The van der Waals surface area contributed by atoms with Crippen molar-refractivity contribution < 1.29 is 14.3 Å². The van der Waals surface area contributed by atoms with Crippen molar-refractivity contribution in [1.82, 2.24) is 19.2 Å². The van der Waals surface area contributed by atoms with Gasteiger partial charge in [-0.15, -0.1) is 0 Å². The number of methoxy groups -OCH3 is 1. The average molecular weight is 378 g/mol. The van der Waals surface area contributed by atoms with Gasteiger partial charge in [0.2, 0.25) is 0 Å². The molecule has 1 aromatic heterocycles. The third kappa shape index (κ3) is 3.69. The van der Waals surface area contributed by atoms with Crippen LogP contribution in [0, 0.1) is 5.41 Å². The zero-order valence-corrected chi connectivity index (χ0v) is 16.2. The van der Waals surface area contributed by atoms with E-state index in [-0.39, 0.29) is 23.1 Å². The third-order valence-electron chi connectivity index (χ3n) is 6.59. The van der Waals surface area contributed by atoms with Crippen LogP contribution in [0.3, 0.4) is 0 Å². The van der Waals surface area contributed by atoms with Gasteiger partial charge in [-0.1, -0.05) is 0 Å². The zero-order chi connectivity index (χ0) is 18.9. The van der Waals surface area contributed by atoms with Crippen molar-refractivity contribution in [3.63, 3.8) is 0 Å². The summed E-state index contributed by atoms with van der Waals surface area (Å²) in [5, 5.41) is 4.53. The molecule has 2 saturated heterocycles. The van der Waals surface area contributed by atoms with Crippen LogP contribution in [0.5, 0.6) is 0 Å². The van der Waals surface area contributed by atoms with E-state index < -0.39 is 0 Å². The fourth-order valence-electron chi connectivity index (χ4n) is 4.75. The molecule has 1 unspecified atom stereocenters. The molecule has 2 fully saturated rings. The highest BCUT2D eigenvalue weighted by Gasteiger charge is 2.39. The molecule has 4 rings (SSSR count). The van der Waals surface area contributed by atoms with E-state index in [1.54, 1.807) is 7.11 Å². The fraction of sp³-hybridized carbons (Fsp3) is 0.842. The molecule has 0 bridgehead atoms. The summed E-state index contributed by atoms with van der Waals surface area (Å²) in [6, 6.07) is 0. The summed E-state index contributed by atoms with van der Waals surface area (Å²) in [6.45, 7) is 4.04. The maximum atomic E-state index is 12.6. The van der Waals surface area contributed by atoms with Gasteiger partial charge in [-0.05, 0) is 43.9 Å². The Bertz CT molecular complexity index is 727. The van der Waals surface area contributed by atoms with E-state index in [1.807, 2.05) is 9.47 Å². The topological polar surface area (TPSA) is 78.6 Å². The first-order chi connectivity index (χ1) is 13.1. The minimum Gasteiger partial charge on any atom is -0.383 e. The van der Waals surface area contributed by atoms with Gasteiger partial charge in [-0.25, -0.2) is 9.48 Å². The maximum absolute atomic E-state index is 12.6. The number of aromatic nitrogens is 3. The molecular formula is C19H30N4O4. The molecule has 1 spiro atoms. The standard InChI is InChI=1S/C19H30N4O4/c1-26-14-12-23-18(25)22-11-8-19(5-4-16(22)20-23)6-9-21(10-7-19)17(24)15-3-2-13-27-15/h15H,2-14H2,1H3. The van der Waals surface area contributed by atoms with Crippen LogP contribution in [0.4, 0.5) is 0 Å². The average Bonchev–Trinajstić information content (AvgIpc) is 3.28. The second-order valence-electron chi connectivity index (χ2n) is 8.14. The highest BCUT2D eigenvalue weighted by molar-refractivity contribution is 5.81. The zero-order valence-electron chi connectivity index (χ0n) is 16.2. The lowest BCUT2D eigenvalue weighted by molar-refractivity contribution is -0.143. The molecule has 3 aliphatic rings. The number of carbonyl (C=O) groups is 1. The fourth-order valence-corrected chi connectivity index (χ4v) is 4.75. The number of hydrogen-bond donors (Lipinski definition) is 0. The minimum atomic E-state index is -0.219. The SMILES string of the molecule is COCCn1nc2n(c1=O)CCC1(CC2)CCN(C(=O)C2CCCO2)CC1. The number of hydrogen-bond acceptors (Lipinski definition) is 5. The molecule has 150 valence electrons. The summed E-state index contributed by atoms with van der Waals surface area (Å²) < 4.78 is 14.0. The van der Waals surface area contributed by atoms with E-state index in [4.69, 9.17) is 9.47 Å². The lowest BCUT2D eigenvalue weighted by Gasteiger charge is -2.42. The van der Waals surface area contributed by atoms with Crippen LogP contribution >= 0.6 is 0 Å². The van der Waals surface area contributed by atoms with Crippen molar-refractivity contribution in [2.24, 2.45) is 5.41 Å². The molecule has 3 aliphatic heterocycles. The highest BCUT2D eigenvalue weighted by Crippen LogP contribution is 2.41. The van der Waals surface area contributed by atoms with Crippen LogP contribution < -0.4 is 5.69 Å². The second kappa shape index (κ2) is 7.75. The molecule has 0 radical (unpaired) electrons. The van der Waals surface area contributed by atoms with Gasteiger partial charge in [0, 0.05) is 39.8 Å². The van der Waals surface area contributed by atoms with E-state index in [9.17, 15) is 9.59 Å². The largest absolute Gasteiger partial charge is 0.383 e. The lowest BCUT2D eigenvalue weighted by atomic mass is 9.72. The van der Waals surface area contributed by atoms with Crippen molar-refractivity contribution in [2.75, 3.05) is 33.4 Å². The van der Waals surface area contributed by atoms with Crippen LogP contribution in [-0.2, 0) is 33.8 Å². The molecule has 0 N–H and O–H groups in total. The summed E-state index contributed by atoms with van der Waals surface area (Å²) in [6.07, 6.45) is 6.49. The van der Waals surface area contributed by atoms with Crippen LogP contribution in [0.15, 0.2) is 4.79 Å². The molecule has 8 nitrogen and oxygen atoms in total. The van der Waals surface area contributed by atoms with Gasteiger partial charge in [0.1, 0.15) is 11.9 Å². The van der Waals surface area contributed by atoms with E-state index in [1.165, 1.54) is 4.68 Å². The Balaban J connectivity index is 1.37. The van der Waals surface area contributed by atoms with Gasteiger partial charge >= 0.3 is 5.69 Å². The summed E-state index contributed by atoms with van der Waals surface area (Å²) in [7, 11) is 1.63. The van der Waals surface area contributed by atoms with Crippen LogP contribution in [-0.4, -0.2) is 64.7 Å². The first kappa shape index (κ1) is 18.7. The molecule has 1 atom stereocenters. The Morgan fingerprint density at radius 2 is 2.04 bits per heavy atom. The van der Waals surface area contributed by atoms with Gasteiger partial charge < -0.3 is 14.4 Å². The van der Waals surface area contributed by atoms with Crippen molar-refractivity contribution in [2.45, 2.75) is 64.1 Å². The molecule has 0 aromatic carbocycles. The number of piperidine rings is 1. The van der Waals surface area contributed by atoms with E-state index in [2.05, 4.69) is 5.10 Å². The molecular weight excluding hydrogens is 348 g/mol. The Kier molecular flexibility index (Phi) is 5.36. The van der Waals surface area contributed by atoms with Crippen molar-refractivity contribution in [1.29, 1.82) is 0 Å². The van der Waals surface area contributed by atoms with E-state index in [0.717, 1.165) is 70.4 Å². The Hall–Kier alpha value is -1.67. The van der Waals surface area contributed by atoms with Crippen LogP contribution in [0.1, 0.15) is 44.3 Å². The molecule has 8 heteroatoms. The Morgan fingerprint density at radius 3 is 2.74 bits per heavy atom. The van der Waals surface area contributed by atoms with Gasteiger partial charge in [0.25, 0.3) is 5.91 Å². The molecule has 0 aliphatic carbocycles. The monoisotopic (exact) mass is 378 g/mol. The summed E-state index contributed by atoms with van der Waals surface area (Å²) in [5.74, 6) is 1.07. The molecule has 0 saturated carbocycles. The molecule has 27 heavy (non-hydrogen) atoms. The summed E-state index contributed by atoms with van der Waals surface area (Å²) in [5.41, 5.74) is 0.197. The first-order valence-electron chi connectivity index (χ1n) is 10.2. The minimum absolute atomic E-state index is 0.0231. The second-order valence-corrected chi connectivity index (χ2v) is 8.14.